The second kappa shape index (κ2) is 8.82. The van der Waals surface area contributed by atoms with Gasteiger partial charge in [0.2, 0.25) is 5.91 Å². The highest BCUT2D eigenvalue weighted by Crippen LogP contribution is 2.50. The fourth-order valence-electron chi connectivity index (χ4n) is 3.25. The van der Waals surface area contributed by atoms with E-state index in [0.29, 0.717) is 6.42 Å². The fraction of sp³-hybridized carbons (Fsp3) is 0.174. The summed E-state index contributed by atoms with van der Waals surface area (Å²) in [4.78, 5) is 13.8. The van der Waals surface area contributed by atoms with Gasteiger partial charge in [0.05, 0.1) is 0 Å². The monoisotopic (exact) mass is 410 g/mol. The second-order valence-corrected chi connectivity index (χ2v) is 8.01. The van der Waals surface area contributed by atoms with Crippen LogP contribution in [0.15, 0.2) is 89.8 Å². The summed E-state index contributed by atoms with van der Waals surface area (Å²) in [6.07, 6.45) is 0.688. The van der Waals surface area contributed by atoms with Gasteiger partial charge in [-0.15, -0.1) is 24.2 Å². The first-order chi connectivity index (χ1) is 13.1. The Hall–Kier alpha value is -2.27. The summed E-state index contributed by atoms with van der Waals surface area (Å²) in [5, 5.41) is 2.97. The Morgan fingerprint density at radius 3 is 2.21 bits per heavy atom. The fourth-order valence-corrected chi connectivity index (χ4v) is 4.11. The second-order valence-electron chi connectivity index (χ2n) is 6.96. The van der Waals surface area contributed by atoms with E-state index in [0.717, 1.165) is 17.0 Å². The standard InChI is InChI=1S/C23H22N2OS.ClH/c24-23(15-21(23)18-9-5-2-6-10-18)22(26)25-19-11-13-20(14-12-19)27-16-17-7-3-1-4-8-17;/h1-14,21H,15-16,24H2,(H,25,26);1H/t21-,23+;/m1./s1. The molecule has 1 fully saturated rings. The molecule has 0 saturated heterocycles. The highest BCUT2D eigenvalue weighted by Gasteiger charge is 2.57. The molecule has 1 saturated carbocycles. The van der Waals surface area contributed by atoms with Crippen molar-refractivity contribution in [2.45, 2.75) is 28.5 Å². The van der Waals surface area contributed by atoms with Crippen LogP contribution in [0.4, 0.5) is 5.69 Å². The van der Waals surface area contributed by atoms with Crippen LogP contribution in [0.3, 0.4) is 0 Å². The zero-order chi connectivity index (χ0) is 18.7. The number of benzene rings is 3. The molecule has 3 N–H and O–H groups in total. The number of hydrogen-bond donors (Lipinski definition) is 2. The highest BCUT2D eigenvalue weighted by molar-refractivity contribution is 7.98. The van der Waals surface area contributed by atoms with Crippen molar-refractivity contribution in [2.24, 2.45) is 5.73 Å². The largest absolute Gasteiger partial charge is 0.324 e. The normalized spacial score (nSPS) is 20.1. The van der Waals surface area contributed by atoms with E-state index in [1.165, 1.54) is 10.5 Å². The molecule has 0 heterocycles. The molecule has 1 amide bonds. The molecular weight excluding hydrogens is 388 g/mol. The number of anilines is 1. The van der Waals surface area contributed by atoms with E-state index in [9.17, 15) is 4.79 Å². The predicted molar refractivity (Wildman–Crippen MR) is 119 cm³/mol. The lowest BCUT2D eigenvalue weighted by atomic mass is 10.1. The van der Waals surface area contributed by atoms with E-state index < -0.39 is 5.54 Å². The van der Waals surface area contributed by atoms with Gasteiger partial charge in [-0.1, -0.05) is 60.7 Å². The molecule has 2 atom stereocenters. The van der Waals surface area contributed by atoms with Crippen molar-refractivity contribution in [2.75, 3.05) is 5.32 Å². The highest BCUT2D eigenvalue weighted by atomic mass is 35.5. The van der Waals surface area contributed by atoms with Gasteiger partial charge in [-0.3, -0.25) is 4.79 Å². The number of carbonyl (C=O) groups is 1. The van der Waals surface area contributed by atoms with E-state index in [-0.39, 0.29) is 24.2 Å². The smallest absolute Gasteiger partial charge is 0.245 e. The topological polar surface area (TPSA) is 55.1 Å². The number of hydrogen-bond acceptors (Lipinski definition) is 3. The molecule has 0 aromatic heterocycles. The zero-order valence-electron chi connectivity index (χ0n) is 15.4. The minimum atomic E-state index is -0.803. The van der Waals surface area contributed by atoms with E-state index in [2.05, 4.69) is 29.6 Å². The van der Waals surface area contributed by atoms with E-state index in [4.69, 9.17) is 5.73 Å². The van der Waals surface area contributed by atoms with Gasteiger partial charge >= 0.3 is 0 Å². The molecule has 0 bridgehead atoms. The van der Waals surface area contributed by atoms with Crippen molar-refractivity contribution >= 4 is 35.8 Å². The summed E-state index contributed by atoms with van der Waals surface area (Å²) in [6.45, 7) is 0. The molecule has 0 aliphatic heterocycles. The molecule has 3 aromatic carbocycles. The van der Waals surface area contributed by atoms with Gasteiger partial charge in [-0.05, 0) is 41.8 Å². The Balaban J connectivity index is 0.00000225. The molecule has 144 valence electrons. The predicted octanol–water partition coefficient (Wildman–Crippen LogP) is 5.22. The SMILES string of the molecule is Cl.N[C@@]1(C(=O)Nc2ccc(SCc3ccccc3)cc2)C[C@@H]1c1ccccc1. The minimum Gasteiger partial charge on any atom is -0.324 e. The van der Waals surface area contributed by atoms with Crippen LogP contribution < -0.4 is 11.1 Å². The summed E-state index contributed by atoms with van der Waals surface area (Å²) in [5.41, 5.74) is 8.75. The summed E-state index contributed by atoms with van der Waals surface area (Å²) >= 11 is 1.78. The third-order valence-corrected chi connectivity index (χ3v) is 6.07. The van der Waals surface area contributed by atoms with E-state index in [1.54, 1.807) is 11.8 Å². The Kier molecular flexibility index (Phi) is 6.45. The molecule has 3 aromatic rings. The lowest BCUT2D eigenvalue weighted by Crippen LogP contribution is -2.39. The average Bonchev–Trinajstić information content (AvgIpc) is 3.42. The first kappa shape index (κ1) is 20.5. The van der Waals surface area contributed by atoms with Crippen LogP contribution in [0.25, 0.3) is 0 Å². The van der Waals surface area contributed by atoms with Crippen LogP contribution in [0.5, 0.6) is 0 Å². The summed E-state index contributed by atoms with van der Waals surface area (Å²) in [6, 6.07) is 28.3. The Morgan fingerprint density at radius 2 is 1.57 bits per heavy atom. The number of thioether (sulfide) groups is 1. The van der Waals surface area contributed by atoms with Crippen LogP contribution in [0.1, 0.15) is 23.5 Å². The minimum absolute atomic E-state index is 0. The van der Waals surface area contributed by atoms with Gasteiger partial charge in [0.25, 0.3) is 0 Å². The Labute approximate surface area is 176 Å². The molecule has 3 nitrogen and oxygen atoms in total. The van der Waals surface area contributed by atoms with Gasteiger partial charge < -0.3 is 11.1 Å². The maximum absolute atomic E-state index is 12.6. The summed E-state index contributed by atoms with van der Waals surface area (Å²) in [5.74, 6) is 0.914. The molecule has 0 unspecified atom stereocenters. The van der Waals surface area contributed by atoms with Crippen molar-refractivity contribution in [1.82, 2.24) is 0 Å². The maximum Gasteiger partial charge on any atom is 0.245 e. The summed E-state index contributed by atoms with van der Waals surface area (Å²) < 4.78 is 0. The first-order valence-corrected chi connectivity index (χ1v) is 10.1. The molecule has 28 heavy (non-hydrogen) atoms. The van der Waals surface area contributed by atoms with Crippen molar-refractivity contribution in [3.05, 3.63) is 96.1 Å². The van der Waals surface area contributed by atoms with Gasteiger partial charge in [0.15, 0.2) is 0 Å². The van der Waals surface area contributed by atoms with Crippen LogP contribution in [-0.4, -0.2) is 11.4 Å². The molecule has 5 heteroatoms. The lowest BCUT2D eigenvalue weighted by Gasteiger charge is -2.13. The first-order valence-electron chi connectivity index (χ1n) is 9.07. The van der Waals surface area contributed by atoms with E-state index >= 15 is 0 Å². The molecule has 0 spiro atoms. The van der Waals surface area contributed by atoms with Gasteiger partial charge in [-0.2, -0.15) is 0 Å². The zero-order valence-corrected chi connectivity index (χ0v) is 17.0. The number of rotatable bonds is 6. The van der Waals surface area contributed by atoms with Crippen molar-refractivity contribution in [3.63, 3.8) is 0 Å². The summed E-state index contributed by atoms with van der Waals surface area (Å²) in [7, 11) is 0. The molecule has 0 radical (unpaired) electrons. The Morgan fingerprint density at radius 1 is 0.964 bits per heavy atom. The third kappa shape index (κ3) is 4.58. The molecular formula is C23H23ClN2OS. The van der Waals surface area contributed by atoms with Gasteiger partial charge in [0, 0.05) is 22.3 Å². The number of nitrogens with two attached hydrogens (primary N) is 1. The molecule has 1 aliphatic carbocycles. The van der Waals surface area contributed by atoms with Crippen LogP contribution in [-0.2, 0) is 10.5 Å². The Bertz CT molecular complexity index is 918. The van der Waals surface area contributed by atoms with E-state index in [1.807, 2.05) is 60.7 Å². The van der Waals surface area contributed by atoms with Crippen LogP contribution in [0.2, 0.25) is 0 Å². The number of nitrogens with one attached hydrogen (secondary N) is 1. The third-order valence-electron chi connectivity index (χ3n) is 4.99. The number of carbonyl (C=O) groups excluding carboxylic acids is 1. The lowest BCUT2D eigenvalue weighted by molar-refractivity contribution is -0.118. The van der Waals surface area contributed by atoms with Crippen molar-refractivity contribution < 1.29 is 4.79 Å². The molecule has 1 aliphatic rings. The molecule has 4 rings (SSSR count). The van der Waals surface area contributed by atoms with Gasteiger partial charge in [-0.25, -0.2) is 0 Å². The van der Waals surface area contributed by atoms with Crippen LogP contribution in [0, 0.1) is 0 Å². The van der Waals surface area contributed by atoms with Crippen molar-refractivity contribution in [3.8, 4) is 0 Å². The van der Waals surface area contributed by atoms with Gasteiger partial charge in [0.1, 0.15) is 5.54 Å². The average molecular weight is 411 g/mol. The quantitative estimate of drug-likeness (QED) is 0.547. The van der Waals surface area contributed by atoms with Crippen LogP contribution >= 0.6 is 24.2 Å². The number of amides is 1. The number of halogens is 1. The van der Waals surface area contributed by atoms with Crippen molar-refractivity contribution in [1.29, 1.82) is 0 Å². The maximum atomic E-state index is 12.6.